The van der Waals surface area contributed by atoms with Gasteiger partial charge in [-0.05, 0) is 55.0 Å². The average Bonchev–Trinajstić information content (AvgIpc) is 2.73. The van der Waals surface area contributed by atoms with Gasteiger partial charge in [-0.1, -0.05) is 12.1 Å². The number of anilines is 1. The van der Waals surface area contributed by atoms with Gasteiger partial charge in [0.2, 0.25) is 0 Å². The average molecular weight is 386 g/mol. The van der Waals surface area contributed by atoms with E-state index in [1.165, 1.54) is 30.1 Å². The van der Waals surface area contributed by atoms with Crippen molar-refractivity contribution in [3.8, 4) is 0 Å². The van der Waals surface area contributed by atoms with Crippen molar-refractivity contribution >= 4 is 11.7 Å². The Hall–Kier alpha value is -2.54. The first-order chi connectivity index (χ1) is 13.7. The lowest BCUT2D eigenvalue weighted by molar-refractivity contribution is -0.0995. The van der Waals surface area contributed by atoms with Crippen LogP contribution in [0.3, 0.4) is 0 Å². The predicted octanol–water partition coefficient (Wildman–Crippen LogP) is 3.25. The molecule has 1 fully saturated rings. The Balaban J connectivity index is 1.38. The molecule has 6 nitrogen and oxygen atoms in total. The van der Waals surface area contributed by atoms with Crippen molar-refractivity contribution in [3.05, 3.63) is 53.1 Å². The van der Waals surface area contributed by atoms with Crippen LogP contribution in [-0.4, -0.2) is 55.8 Å². The predicted molar refractivity (Wildman–Crippen MR) is 106 cm³/mol. The molecule has 4 rings (SSSR count). The van der Waals surface area contributed by atoms with Gasteiger partial charge in [0.05, 0.1) is 19.3 Å². The number of amides is 2. The summed E-state index contributed by atoms with van der Waals surface area (Å²) < 4.78 is 14.0. The molecule has 1 N–H and O–H groups in total. The van der Waals surface area contributed by atoms with Crippen molar-refractivity contribution in [3.63, 3.8) is 0 Å². The van der Waals surface area contributed by atoms with Gasteiger partial charge in [0.25, 0.3) is 0 Å². The topological polar surface area (TPSA) is 48.1 Å². The molecule has 0 atom stereocenters. The van der Waals surface area contributed by atoms with Crippen LogP contribution in [0.25, 0.3) is 0 Å². The molecule has 1 aromatic rings. The fourth-order valence-corrected chi connectivity index (χ4v) is 4.15. The number of hydrogen-bond donors (Lipinski definition) is 1. The highest BCUT2D eigenvalue weighted by atomic mass is 19.1. The van der Waals surface area contributed by atoms with Crippen LogP contribution >= 0.6 is 0 Å². The van der Waals surface area contributed by atoms with Gasteiger partial charge in [-0.3, -0.25) is 10.2 Å². The highest BCUT2D eigenvalue weighted by molar-refractivity contribution is 5.76. The third kappa shape index (κ3) is 3.85. The number of carbonyl (C=O) groups is 1. The van der Waals surface area contributed by atoms with Crippen molar-refractivity contribution in [2.45, 2.75) is 25.7 Å². The summed E-state index contributed by atoms with van der Waals surface area (Å²) in [5.41, 5.74) is 3.34. The standard InChI is InChI=1S/C21H27FN4O2/c1-28-26-15-17-7-3-2-6-16(17)14-20(26)23-21(27)25-12-10-24(11-13-25)19-9-5-4-8-18(19)22/h4-5,8-9,14H,2-3,6-7,10-13,15H2,1H3,(H,23,27). The molecule has 2 heterocycles. The lowest BCUT2D eigenvalue weighted by Crippen LogP contribution is -2.53. The molecular formula is C21H27FN4O2. The number of nitrogens with one attached hydrogen (secondary N) is 1. The van der Waals surface area contributed by atoms with E-state index in [2.05, 4.69) is 11.4 Å². The van der Waals surface area contributed by atoms with Crippen molar-refractivity contribution in [1.29, 1.82) is 0 Å². The van der Waals surface area contributed by atoms with E-state index in [1.807, 2.05) is 11.0 Å². The summed E-state index contributed by atoms with van der Waals surface area (Å²) in [4.78, 5) is 22.0. The number of benzene rings is 1. The van der Waals surface area contributed by atoms with Crippen LogP contribution in [0.4, 0.5) is 14.9 Å². The van der Waals surface area contributed by atoms with Gasteiger partial charge in [-0.25, -0.2) is 14.2 Å². The Labute approximate surface area is 165 Å². The second-order valence-electron chi connectivity index (χ2n) is 7.44. The molecule has 0 saturated carbocycles. The van der Waals surface area contributed by atoms with Crippen LogP contribution in [0.15, 0.2) is 47.3 Å². The second kappa shape index (κ2) is 8.22. The maximum Gasteiger partial charge on any atom is 0.323 e. The number of urea groups is 1. The van der Waals surface area contributed by atoms with Crippen LogP contribution in [0.5, 0.6) is 0 Å². The van der Waals surface area contributed by atoms with Crippen molar-refractivity contribution in [2.24, 2.45) is 0 Å². The van der Waals surface area contributed by atoms with Gasteiger partial charge in [-0.2, -0.15) is 0 Å². The van der Waals surface area contributed by atoms with Gasteiger partial charge in [-0.15, -0.1) is 0 Å². The Morgan fingerprint density at radius 3 is 2.61 bits per heavy atom. The summed E-state index contributed by atoms with van der Waals surface area (Å²) in [7, 11) is 1.63. The van der Waals surface area contributed by atoms with E-state index in [4.69, 9.17) is 4.84 Å². The second-order valence-corrected chi connectivity index (χ2v) is 7.44. The molecule has 1 aliphatic carbocycles. The first kappa shape index (κ1) is 18.8. The van der Waals surface area contributed by atoms with Crippen LogP contribution in [0.1, 0.15) is 25.7 Å². The zero-order valence-electron chi connectivity index (χ0n) is 16.3. The molecule has 1 saturated heterocycles. The number of hydroxylamine groups is 2. The SMILES string of the molecule is CON1CC2=C(C=C1NC(=O)N1CCN(c3ccccc3F)CC1)CCCC2. The summed E-state index contributed by atoms with van der Waals surface area (Å²) in [5.74, 6) is 0.477. The highest BCUT2D eigenvalue weighted by Gasteiger charge is 2.27. The quantitative estimate of drug-likeness (QED) is 0.866. The first-order valence-corrected chi connectivity index (χ1v) is 9.95. The largest absolute Gasteiger partial charge is 0.366 e. The monoisotopic (exact) mass is 386 g/mol. The van der Waals surface area contributed by atoms with E-state index in [0.29, 0.717) is 44.2 Å². The molecule has 0 spiro atoms. The fourth-order valence-electron chi connectivity index (χ4n) is 4.15. The third-order valence-corrected chi connectivity index (χ3v) is 5.76. The third-order valence-electron chi connectivity index (χ3n) is 5.76. The van der Waals surface area contributed by atoms with Gasteiger partial charge < -0.3 is 9.80 Å². The van der Waals surface area contributed by atoms with E-state index < -0.39 is 0 Å². The summed E-state index contributed by atoms with van der Waals surface area (Å²) >= 11 is 0. The molecule has 2 aliphatic heterocycles. The molecule has 0 bridgehead atoms. The zero-order chi connectivity index (χ0) is 19.5. The van der Waals surface area contributed by atoms with E-state index in [0.717, 1.165) is 12.8 Å². The normalized spacial score (nSPS) is 20.1. The number of halogens is 1. The molecule has 2 amide bonds. The maximum absolute atomic E-state index is 14.0. The van der Waals surface area contributed by atoms with E-state index in [1.54, 1.807) is 29.2 Å². The zero-order valence-corrected chi connectivity index (χ0v) is 16.3. The Kier molecular flexibility index (Phi) is 5.52. The lowest BCUT2D eigenvalue weighted by atomic mass is 9.90. The number of para-hydroxylation sites is 1. The number of piperazine rings is 1. The van der Waals surface area contributed by atoms with Crippen LogP contribution in [-0.2, 0) is 4.84 Å². The van der Waals surface area contributed by atoms with Crippen molar-refractivity contribution < 1.29 is 14.0 Å². The number of carbonyl (C=O) groups excluding carboxylic acids is 1. The Bertz CT molecular complexity index is 799. The summed E-state index contributed by atoms with van der Waals surface area (Å²) in [5, 5.41) is 4.76. The molecular weight excluding hydrogens is 359 g/mol. The molecule has 7 heteroatoms. The molecule has 1 aromatic carbocycles. The molecule has 0 unspecified atom stereocenters. The van der Waals surface area contributed by atoms with Gasteiger partial charge in [0, 0.05) is 26.2 Å². The molecule has 3 aliphatic rings. The van der Waals surface area contributed by atoms with Gasteiger partial charge in [0.15, 0.2) is 0 Å². The van der Waals surface area contributed by atoms with E-state index in [9.17, 15) is 9.18 Å². The molecule has 0 aromatic heterocycles. The Morgan fingerprint density at radius 1 is 1.11 bits per heavy atom. The minimum absolute atomic E-state index is 0.138. The summed E-state index contributed by atoms with van der Waals surface area (Å²) in [6.07, 6.45) is 6.63. The smallest absolute Gasteiger partial charge is 0.323 e. The maximum atomic E-state index is 14.0. The molecule has 28 heavy (non-hydrogen) atoms. The van der Waals surface area contributed by atoms with E-state index in [-0.39, 0.29) is 11.8 Å². The minimum atomic E-state index is -0.222. The number of allylic oxidation sites excluding steroid dienone is 2. The van der Waals surface area contributed by atoms with Crippen molar-refractivity contribution in [1.82, 2.24) is 15.3 Å². The van der Waals surface area contributed by atoms with Gasteiger partial charge in [0.1, 0.15) is 11.6 Å². The highest BCUT2D eigenvalue weighted by Crippen LogP contribution is 2.31. The first-order valence-electron chi connectivity index (χ1n) is 9.95. The lowest BCUT2D eigenvalue weighted by Gasteiger charge is -2.37. The molecule has 150 valence electrons. The van der Waals surface area contributed by atoms with Crippen LogP contribution in [0.2, 0.25) is 0 Å². The summed E-state index contributed by atoms with van der Waals surface area (Å²) in [6, 6.07) is 6.64. The number of hydrogen-bond acceptors (Lipinski definition) is 4. The fraction of sp³-hybridized carbons (Fsp3) is 0.476. The van der Waals surface area contributed by atoms with E-state index >= 15 is 0 Å². The Morgan fingerprint density at radius 2 is 1.86 bits per heavy atom. The van der Waals surface area contributed by atoms with Gasteiger partial charge >= 0.3 is 6.03 Å². The molecule has 0 radical (unpaired) electrons. The summed E-state index contributed by atoms with van der Waals surface area (Å²) in [6.45, 7) is 3.02. The van der Waals surface area contributed by atoms with Crippen molar-refractivity contribution in [2.75, 3.05) is 44.7 Å². The van der Waals surface area contributed by atoms with Crippen LogP contribution in [0, 0.1) is 5.82 Å². The number of rotatable bonds is 3. The minimum Gasteiger partial charge on any atom is -0.366 e. The number of nitrogens with zero attached hydrogens (tertiary/aromatic N) is 3. The van der Waals surface area contributed by atoms with Crippen LogP contribution < -0.4 is 10.2 Å².